The monoisotopic (exact) mass is 366 g/mol. The van der Waals surface area contributed by atoms with Crippen molar-refractivity contribution in [3.63, 3.8) is 0 Å². The maximum absolute atomic E-state index is 3.47. The first-order valence-corrected chi connectivity index (χ1v) is 8.73. The van der Waals surface area contributed by atoms with Gasteiger partial charge in [0.1, 0.15) is 0 Å². The summed E-state index contributed by atoms with van der Waals surface area (Å²) in [6.45, 7) is 0. The van der Waals surface area contributed by atoms with Gasteiger partial charge < -0.3 is 0 Å². The molecule has 3 rings (SSSR count). The van der Waals surface area contributed by atoms with Gasteiger partial charge in [0.15, 0.2) is 0 Å². The largest absolute Gasteiger partial charge is 0.0974 e. The Kier molecular flexibility index (Phi) is 5.15. The van der Waals surface area contributed by atoms with Crippen molar-refractivity contribution in [1.82, 2.24) is 0 Å². The summed E-state index contributed by atoms with van der Waals surface area (Å²) >= 11 is 5.22. The van der Waals surface area contributed by atoms with E-state index in [0.29, 0.717) is 0 Å². The average Bonchev–Trinajstić information content (AvgIpc) is 2.59. The first-order valence-electron chi connectivity index (χ1n) is 7.06. The molecular formula is C20H15BrS. The van der Waals surface area contributed by atoms with E-state index in [1.54, 1.807) is 11.8 Å². The molecule has 0 amide bonds. The molecule has 0 aliphatic heterocycles. The fourth-order valence-electron chi connectivity index (χ4n) is 2.18. The van der Waals surface area contributed by atoms with Crippen LogP contribution in [0.15, 0.2) is 99.7 Å². The Morgan fingerprint density at radius 1 is 0.682 bits per heavy atom. The molecule has 0 aliphatic rings. The first-order chi connectivity index (χ1) is 10.8. The highest BCUT2D eigenvalue weighted by molar-refractivity contribution is 9.10. The van der Waals surface area contributed by atoms with Gasteiger partial charge in [0.2, 0.25) is 0 Å². The summed E-state index contributed by atoms with van der Waals surface area (Å²) in [5, 5.41) is 2.23. The average molecular weight is 367 g/mol. The highest BCUT2D eigenvalue weighted by Crippen LogP contribution is 2.30. The molecule has 22 heavy (non-hydrogen) atoms. The fraction of sp³-hybridized carbons (Fsp3) is 0. The van der Waals surface area contributed by atoms with Crippen molar-refractivity contribution in [2.75, 3.05) is 0 Å². The second-order valence-electron chi connectivity index (χ2n) is 4.84. The number of thioether (sulfide) groups is 1. The maximum atomic E-state index is 3.47. The van der Waals surface area contributed by atoms with Gasteiger partial charge in [-0.1, -0.05) is 88.4 Å². The van der Waals surface area contributed by atoms with Gasteiger partial charge in [0, 0.05) is 9.37 Å². The van der Waals surface area contributed by atoms with E-state index >= 15 is 0 Å². The van der Waals surface area contributed by atoms with E-state index in [0.717, 1.165) is 4.47 Å². The van der Waals surface area contributed by atoms with Crippen molar-refractivity contribution in [2.45, 2.75) is 4.90 Å². The number of rotatable bonds is 4. The Labute approximate surface area is 144 Å². The first kappa shape index (κ1) is 15.1. The van der Waals surface area contributed by atoms with E-state index in [1.807, 2.05) is 12.1 Å². The van der Waals surface area contributed by atoms with Crippen LogP contribution in [0.3, 0.4) is 0 Å². The zero-order chi connectivity index (χ0) is 15.2. The van der Waals surface area contributed by atoms with Gasteiger partial charge in [-0.2, -0.15) is 0 Å². The fourth-order valence-corrected chi connectivity index (χ4v) is 3.26. The standard InChI is InChI=1S/C20H15BrS/c21-18-11-13-19(14-12-18)22-15-20(16-7-3-1-4-8-16)17-9-5-2-6-10-17/h1-15H. The van der Waals surface area contributed by atoms with E-state index in [-0.39, 0.29) is 0 Å². The summed E-state index contributed by atoms with van der Waals surface area (Å²) in [4.78, 5) is 1.23. The number of benzene rings is 3. The van der Waals surface area contributed by atoms with Crippen LogP contribution >= 0.6 is 27.7 Å². The lowest BCUT2D eigenvalue weighted by Gasteiger charge is -2.08. The van der Waals surface area contributed by atoms with E-state index in [9.17, 15) is 0 Å². The van der Waals surface area contributed by atoms with E-state index in [4.69, 9.17) is 0 Å². The topological polar surface area (TPSA) is 0 Å². The van der Waals surface area contributed by atoms with Crippen LogP contribution in [0.4, 0.5) is 0 Å². The van der Waals surface area contributed by atoms with Crippen LogP contribution < -0.4 is 0 Å². The van der Waals surface area contributed by atoms with Crippen molar-refractivity contribution in [3.8, 4) is 0 Å². The van der Waals surface area contributed by atoms with Gasteiger partial charge in [0.05, 0.1) is 0 Å². The lowest BCUT2D eigenvalue weighted by atomic mass is 10.00. The highest BCUT2D eigenvalue weighted by atomic mass is 79.9. The molecule has 0 atom stereocenters. The summed E-state index contributed by atoms with van der Waals surface area (Å²) in [6, 6.07) is 29.4. The van der Waals surface area contributed by atoms with Crippen LogP contribution in [0, 0.1) is 0 Å². The zero-order valence-electron chi connectivity index (χ0n) is 11.9. The molecule has 108 valence electrons. The SMILES string of the molecule is Brc1ccc(SC=C(c2ccccc2)c2ccccc2)cc1. The Morgan fingerprint density at radius 2 is 1.18 bits per heavy atom. The molecule has 0 radical (unpaired) electrons. The van der Waals surface area contributed by atoms with Crippen LogP contribution in [-0.2, 0) is 0 Å². The second-order valence-corrected chi connectivity index (χ2v) is 6.69. The van der Waals surface area contributed by atoms with E-state index in [1.165, 1.54) is 21.6 Å². The molecule has 0 nitrogen and oxygen atoms in total. The van der Waals surface area contributed by atoms with Crippen LogP contribution in [0.2, 0.25) is 0 Å². The molecule has 3 aromatic rings. The Balaban J connectivity index is 1.95. The van der Waals surface area contributed by atoms with Crippen LogP contribution in [0.1, 0.15) is 11.1 Å². The maximum Gasteiger partial charge on any atom is 0.0176 e. The highest BCUT2D eigenvalue weighted by Gasteiger charge is 2.04. The molecule has 0 heterocycles. The summed E-state index contributed by atoms with van der Waals surface area (Å²) in [5.74, 6) is 0. The smallest absolute Gasteiger partial charge is 0.0176 e. The molecule has 0 aromatic heterocycles. The van der Waals surface area contributed by atoms with Crippen molar-refractivity contribution < 1.29 is 0 Å². The number of hydrogen-bond donors (Lipinski definition) is 0. The van der Waals surface area contributed by atoms with Gasteiger partial charge >= 0.3 is 0 Å². The number of hydrogen-bond acceptors (Lipinski definition) is 1. The summed E-state index contributed by atoms with van der Waals surface area (Å²) in [6.07, 6.45) is 0. The molecule has 0 N–H and O–H groups in total. The molecule has 3 aromatic carbocycles. The van der Waals surface area contributed by atoms with Gasteiger partial charge in [-0.25, -0.2) is 0 Å². The van der Waals surface area contributed by atoms with Gasteiger partial charge in [-0.15, -0.1) is 0 Å². The minimum atomic E-state index is 1.10. The van der Waals surface area contributed by atoms with Crippen LogP contribution in [-0.4, -0.2) is 0 Å². The molecule has 0 fully saturated rings. The Bertz CT molecular complexity index is 705. The third-order valence-corrected chi connectivity index (χ3v) is 4.72. The minimum absolute atomic E-state index is 1.10. The quantitative estimate of drug-likeness (QED) is 0.466. The zero-order valence-corrected chi connectivity index (χ0v) is 14.3. The van der Waals surface area contributed by atoms with Crippen LogP contribution in [0.5, 0.6) is 0 Å². The summed E-state index contributed by atoms with van der Waals surface area (Å²) in [5.41, 5.74) is 3.71. The van der Waals surface area contributed by atoms with Crippen LogP contribution in [0.25, 0.3) is 5.57 Å². The minimum Gasteiger partial charge on any atom is -0.0974 e. The molecule has 0 unspecified atom stereocenters. The van der Waals surface area contributed by atoms with E-state index < -0.39 is 0 Å². The molecule has 0 spiro atoms. The Hall–Kier alpha value is -1.77. The normalized spacial score (nSPS) is 10.2. The molecule has 0 aliphatic carbocycles. The summed E-state index contributed by atoms with van der Waals surface area (Å²) in [7, 11) is 0. The van der Waals surface area contributed by atoms with Crippen molar-refractivity contribution in [1.29, 1.82) is 0 Å². The summed E-state index contributed by atoms with van der Waals surface area (Å²) < 4.78 is 1.10. The predicted octanol–water partition coefficient (Wildman–Crippen LogP) is 6.63. The van der Waals surface area contributed by atoms with Gasteiger partial charge in [-0.05, 0) is 46.4 Å². The third-order valence-electron chi connectivity index (χ3n) is 3.30. The number of halogens is 1. The molecular weight excluding hydrogens is 352 g/mol. The van der Waals surface area contributed by atoms with Gasteiger partial charge in [-0.3, -0.25) is 0 Å². The molecule has 2 heteroatoms. The third kappa shape index (κ3) is 3.90. The van der Waals surface area contributed by atoms with E-state index in [2.05, 4.69) is 94.1 Å². The molecule has 0 saturated heterocycles. The Morgan fingerprint density at radius 3 is 1.68 bits per heavy atom. The van der Waals surface area contributed by atoms with Crippen molar-refractivity contribution in [3.05, 3.63) is 106 Å². The van der Waals surface area contributed by atoms with Crippen molar-refractivity contribution in [2.24, 2.45) is 0 Å². The second kappa shape index (κ2) is 7.48. The lowest BCUT2D eigenvalue weighted by Crippen LogP contribution is -1.86. The molecule has 0 bridgehead atoms. The van der Waals surface area contributed by atoms with Crippen molar-refractivity contribution >= 4 is 33.3 Å². The predicted molar refractivity (Wildman–Crippen MR) is 100.0 cm³/mol. The molecule has 0 saturated carbocycles. The van der Waals surface area contributed by atoms with Gasteiger partial charge in [0.25, 0.3) is 0 Å². The lowest BCUT2D eigenvalue weighted by molar-refractivity contribution is 1.45.